The number of primary amides is 1. The van der Waals surface area contributed by atoms with Crippen molar-refractivity contribution in [3.63, 3.8) is 0 Å². The summed E-state index contributed by atoms with van der Waals surface area (Å²) in [6, 6.07) is 8.14. The molecule has 0 bridgehead atoms. The molecule has 1 aromatic carbocycles. The van der Waals surface area contributed by atoms with Gasteiger partial charge in [0, 0.05) is 16.9 Å². The first-order valence-corrected chi connectivity index (χ1v) is 10.6. The Hall–Kier alpha value is -1.55. The highest BCUT2D eigenvalue weighted by Gasteiger charge is 2.31. The van der Waals surface area contributed by atoms with Crippen LogP contribution in [0, 0.1) is 17.8 Å². The Morgan fingerprint density at radius 2 is 1.63 bits per heavy atom. The van der Waals surface area contributed by atoms with E-state index in [1.807, 2.05) is 18.2 Å². The molecule has 1 unspecified atom stereocenters. The first kappa shape index (κ1) is 21.7. The fourth-order valence-corrected chi connectivity index (χ4v) is 4.12. The summed E-state index contributed by atoms with van der Waals surface area (Å²) in [5.74, 6) is 0.797. The Labute approximate surface area is 168 Å². The molecular formula is C22H33ClN2O2. The van der Waals surface area contributed by atoms with Gasteiger partial charge in [0.05, 0.1) is 6.04 Å². The van der Waals surface area contributed by atoms with Crippen LogP contribution in [0.1, 0.15) is 76.8 Å². The molecule has 2 aliphatic carbocycles. The van der Waals surface area contributed by atoms with Crippen molar-refractivity contribution in [3.8, 4) is 0 Å². The third kappa shape index (κ3) is 6.84. The summed E-state index contributed by atoms with van der Waals surface area (Å²) in [6.45, 7) is 3.53. The molecular weight excluding hydrogens is 360 g/mol. The minimum absolute atomic E-state index is 0.00926. The number of hydrogen-bond donors (Lipinski definition) is 2. The summed E-state index contributed by atoms with van der Waals surface area (Å²) in [4.78, 5) is 22.4. The fourth-order valence-electron chi connectivity index (χ4n) is 3.92. The zero-order chi connectivity index (χ0) is 19.8. The van der Waals surface area contributed by atoms with Gasteiger partial charge in [0.1, 0.15) is 0 Å². The molecule has 4 nitrogen and oxygen atoms in total. The Bertz CT molecular complexity index is 620. The smallest absolute Gasteiger partial charge is 0.223 e. The van der Waals surface area contributed by atoms with Crippen LogP contribution in [0.2, 0.25) is 5.02 Å². The van der Waals surface area contributed by atoms with Crippen molar-refractivity contribution >= 4 is 23.4 Å². The van der Waals surface area contributed by atoms with Crippen LogP contribution in [0.3, 0.4) is 0 Å². The van der Waals surface area contributed by atoms with E-state index in [9.17, 15) is 9.59 Å². The van der Waals surface area contributed by atoms with E-state index in [0.29, 0.717) is 5.92 Å². The largest absolute Gasteiger partial charge is 0.369 e. The number of carbonyl (C=O) groups is 2. The van der Waals surface area contributed by atoms with Gasteiger partial charge >= 0.3 is 0 Å². The Morgan fingerprint density at radius 3 is 2.15 bits per heavy atom. The van der Waals surface area contributed by atoms with Crippen molar-refractivity contribution in [2.75, 3.05) is 0 Å². The van der Waals surface area contributed by atoms with Gasteiger partial charge in [-0.3, -0.25) is 9.59 Å². The lowest BCUT2D eigenvalue weighted by atomic mass is 9.91. The molecule has 0 heterocycles. The van der Waals surface area contributed by atoms with Gasteiger partial charge in [0.2, 0.25) is 11.8 Å². The lowest BCUT2D eigenvalue weighted by molar-refractivity contribution is -0.126. The molecule has 150 valence electrons. The van der Waals surface area contributed by atoms with Gasteiger partial charge < -0.3 is 11.1 Å². The first-order chi connectivity index (χ1) is 12.9. The highest BCUT2D eigenvalue weighted by Crippen LogP contribution is 2.37. The maximum absolute atomic E-state index is 12.5. The Kier molecular flexibility index (Phi) is 8.62. The molecule has 3 rings (SSSR count). The molecule has 2 aliphatic rings. The first-order valence-electron chi connectivity index (χ1n) is 10.2. The van der Waals surface area contributed by atoms with Crippen LogP contribution in [0.25, 0.3) is 0 Å². The average molecular weight is 393 g/mol. The van der Waals surface area contributed by atoms with Crippen LogP contribution in [0.5, 0.6) is 0 Å². The summed E-state index contributed by atoms with van der Waals surface area (Å²) < 4.78 is 0. The number of benzene rings is 1. The van der Waals surface area contributed by atoms with E-state index in [4.69, 9.17) is 17.3 Å². The maximum atomic E-state index is 12.5. The number of nitrogens with one attached hydrogen (secondary N) is 1. The van der Waals surface area contributed by atoms with E-state index in [1.54, 1.807) is 13.8 Å². The number of amides is 2. The van der Waals surface area contributed by atoms with Crippen LogP contribution < -0.4 is 11.1 Å². The maximum Gasteiger partial charge on any atom is 0.223 e. The van der Waals surface area contributed by atoms with Crippen molar-refractivity contribution in [2.24, 2.45) is 23.5 Å². The number of carbonyl (C=O) groups excluding carboxylic acids is 2. The monoisotopic (exact) mass is 392 g/mol. The molecule has 2 saturated carbocycles. The Balaban J connectivity index is 0.000000380. The van der Waals surface area contributed by atoms with Crippen molar-refractivity contribution < 1.29 is 9.59 Å². The number of hydrogen-bond acceptors (Lipinski definition) is 2. The Morgan fingerprint density at radius 1 is 1.07 bits per heavy atom. The SMILES string of the molecule is CC(C)C(N)=O.O=C(NC(c1cccc(Cl)c1)C1CCCC1)C1CCCC1. The van der Waals surface area contributed by atoms with Gasteiger partial charge in [-0.05, 0) is 49.3 Å². The highest BCUT2D eigenvalue weighted by atomic mass is 35.5. The molecule has 0 spiro atoms. The minimum Gasteiger partial charge on any atom is -0.369 e. The zero-order valence-electron chi connectivity index (χ0n) is 16.5. The third-order valence-electron chi connectivity index (χ3n) is 5.67. The van der Waals surface area contributed by atoms with Gasteiger partial charge in [-0.1, -0.05) is 63.3 Å². The van der Waals surface area contributed by atoms with E-state index in [0.717, 1.165) is 17.9 Å². The summed E-state index contributed by atoms with van der Waals surface area (Å²) in [5.41, 5.74) is 5.96. The molecule has 5 heteroatoms. The van der Waals surface area contributed by atoms with Crippen LogP contribution in [-0.2, 0) is 9.59 Å². The number of nitrogens with two attached hydrogens (primary N) is 1. The van der Waals surface area contributed by atoms with E-state index >= 15 is 0 Å². The fraction of sp³-hybridized carbons (Fsp3) is 0.636. The second-order valence-electron chi connectivity index (χ2n) is 8.12. The van der Waals surface area contributed by atoms with E-state index < -0.39 is 0 Å². The van der Waals surface area contributed by atoms with Gasteiger partial charge in [0.15, 0.2) is 0 Å². The van der Waals surface area contributed by atoms with Gasteiger partial charge in [-0.2, -0.15) is 0 Å². The molecule has 2 amide bonds. The van der Waals surface area contributed by atoms with Crippen molar-refractivity contribution in [1.29, 1.82) is 0 Å². The molecule has 3 N–H and O–H groups in total. The number of halogens is 1. The quantitative estimate of drug-likeness (QED) is 0.739. The molecule has 2 fully saturated rings. The normalized spacial score (nSPS) is 18.8. The van der Waals surface area contributed by atoms with Gasteiger partial charge in [-0.25, -0.2) is 0 Å². The topological polar surface area (TPSA) is 72.2 Å². The van der Waals surface area contributed by atoms with Crippen molar-refractivity contribution in [3.05, 3.63) is 34.9 Å². The second-order valence-corrected chi connectivity index (χ2v) is 8.56. The lowest BCUT2D eigenvalue weighted by Crippen LogP contribution is -2.36. The summed E-state index contributed by atoms with van der Waals surface area (Å²) in [7, 11) is 0. The van der Waals surface area contributed by atoms with Gasteiger partial charge in [0.25, 0.3) is 0 Å². The predicted octanol–water partition coefficient (Wildman–Crippen LogP) is 5.01. The average Bonchev–Trinajstić information content (AvgIpc) is 3.33. The highest BCUT2D eigenvalue weighted by molar-refractivity contribution is 6.30. The summed E-state index contributed by atoms with van der Waals surface area (Å²) >= 11 is 6.15. The summed E-state index contributed by atoms with van der Waals surface area (Å²) in [6.07, 6.45) is 9.48. The van der Waals surface area contributed by atoms with E-state index in [-0.39, 0.29) is 29.7 Å². The molecule has 0 saturated heterocycles. The molecule has 27 heavy (non-hydrogen) atoms. The van der Waals surface area contributed by atoms with Gasteiger partial charge in [-0.15, -0.1) is 0 Å². The molecule has 1 atom stereocenters. The zero-order valence-corrected chi connectivity index (χ0v) is 17.3. The standard InChI is InChI=1S/C18H24ClNO.C4H9NO/c19-16-11-5-10-15(12-16)17(13-6-1-2-7-13)20-18(21)14-8-3-4-9-14;1-3(2)4(5)6/h5,10-14,17H,1-4,6-9H2,(H,20,21);3H,1-2H3,(H2,5,6). The van der Waals surface area contributed by atoms with E-state index in [2.05, 4.69) is 11.4 Å². The van der Waals surface area contributed by atoms with Crippen LogP contribution in [0.4, 0.5) is 0 Å². The molecule has 0 radical (unpaired) electrons. The second kappa shape index (κ2) is 10.7. The lowest BCUT2D eigenvalue weighted by Gasteiger charge is -2.27. The summed E-state index contributed by atoms with van der Waals surface area (Å²) in [5, 5.41) is 4.10. The predicted molar refractivity (Wildman–Crippen MR) is 110 cm³/mol. The van der Waals surface area contributed by atoms with Crippen LogP contribution in [-0.4, -0.2) is 11.8 Å². The van der Waals surface area contributed by atoms with Crippen molar-refractivity contribution in [2.45, 2.75) is 71.3 Å². The minimum atomic E-state index is -0.241. The van der Waals surface area contributed by atoms with Crippen LogP contribution >= 0.6 is 11.6 Å². The van der Waals surface area contributed by atoms with Crippen LogP contribution in [0.15, 0.2) is 24.3 Å². The number of rotatable bonds is 5. The molecule has 0 aromatic heterocycles. The third-order valence-corrected chi connectivity index (χ3v) is 5.91. The van der Waals surface area contributed by atoms with E-state index in [1.165, 1.54) is 44.1 Å². The van der Waals surface area contributed by atoms with Crippen molar-refractivity contribution in [1.82, 2.24) is 5.32 Å². The molecule has 0 aliphatic heterocycles. The molecule has 1 aromatic rings.